The summed E-state index contributed by atoms with van der Waals surface area (Å²) >= 11 is 0. The average Bonchev–Trinajstić information content (AvgIpc) is 3.30. The lowest BCUT2D eigenvalue weighted by Crippen LogP contribution is -2.20. The molecule has 32 heavy (non-hydrogen) atoms. The van der Waals surface area contributed by atoms with Gasteiger partial charge in [-0.2, -0.15) is 5.21 Å². The maximum atomic E-state index is 12.7. The van der Waals surface area contributed by atoms with E-state index in [4.69, 9.17) is 4.74 Å². The minimum atomic E-state index is -0.433. The van der Waals surface area contributed by atoms with Crippen LogP contribution in [0, 0.1) is 0 Å². The number of amides is 2. The summed E-state index contributed by atoms with van der Waals surface area (Å²) in [4.78, 5) is 17.0. The highest BCUT2D eigenvalue weighted by Gasteiger charge is 2.20. The summed E-state index contributed by atoms with van der Waals surface area (Å²) in [5.74, 6) is 1.43. The number of urea groups is 1. The maximum absolute atomic E-state index is 12.7. The van der Waals surface area contributed by atoms with Crippen LogP contribution < -0.4 is 15.4 Å². The third kappa shape index (κ3) is 4.89. The molecule has 0 aliphatic heterocycles. The summed E-state index contributed by atoms with van der Waals surface area (Å²) in [6, 6.07) is 18.0. The van der Waals surface area contributed by atoms with Crippen LogP contribution in [0.1, 0.15) is 26.3 Å². The number of benzene rings is 2. The molecule has 0 unspecified atom stereocenters. The van der Waals surface area contributed by atoms with Crippen LogP contribution >= 0.6 is 0 Å². The number of carbonyl (C=O) groups excluding carboxylic acids is 1. The smallest absolute Gasteiger partial charge is 0.323 e. The van der Waals surface area contributed by atoms with Crippen LogP contribution in [0.25, 0.3) is 11.4 Å². The van der Waals surface area contributed by atoms with E-state index in [0.29, 0.717) is 28.8 Å². The van der Waals surface area contributed by atoms with Gasteiger partial charge in [0.05, 0.1) is 0 Å². The summed E-state index contributed by atoms with van der Waals surface area (Å²) in [7, 11) is 0. The van der Waals surface area contributed by atoms with Crippen LogP contribution in [0.2, 0.25) is 0 Å². The molecule has 2 aromatic carbocycles. The van der Waals surface area contributed by atoms with Crippen LogP contribution in [0.5, 0.6) is 11.6 Å². The number of pyridine rings is 1. The van der Waals surface area contributed by atoms with Gasteiger partial charge in [-0.3, -0.25) is 0 Å². The Labute approximate surface area is 185 Å². The van der Waals surface area contributed by atoms with E-state index in [1.807, 2.05) is 30.3 Å². The number of aromatic nitrogens is 5. The van der Waals surface area contributed by atoms with Gasteiger partial charge >= 0.3 is 6.03 Å². The van der Waals surface area contributed by atoms with E-state index in [1.54, 1.807) is 36.5 Å². The predicted molar refractivity (Wildman–Crippen MR) is 122 cm³/mol. The second-order valence-electron chi connectivity index (χ2n) is 8.10. The quantitative estimate of drug-likeness (QED) is 0.411. The van der Waals surface area contributed by atoms with Crippen molar-refractivity contribution in [2.45, 2.75) is 26.2 Å². The zero-order valence-corrected chi connectivity index (χ0v) is 18.0. The summed E-state index contributed by atoms with van der Waals surface area (Å²) in [6.07, 6.45) is 1.62. The van der Waals surface area contributed by atoms with Gasteiger partial charge in [-0.15, -0.1) is 10.2 Å². The number of aromatic amines is 1. The molecule has 0 fully saturated rings. The van der Waals surface area contributed by atoms with E-state index in [0.717, 1.165) is 11.1 Å². The first kappa shape index (κ1) is 21.0. The predicted octanol–water partition coefficient (Wildman–Crippen LogP) is 5.00. The van der Waals surface area contributed by atoms with Gasteiger partial charge in [0.25, 0.3) is 0 Å². The monoisotopic (exact) mass is 429 g/mol. The first-order valence-electron chi connectivity index (χ1n) is 10.0. The second kappa shape index (κ2) is 8.84. The summed E-state index contributed by atoms with van der Waals surface area (Å²) in [5, 5.41) is 19.5. The van der Waals surface area contributed by atoms with E-state index in [-0.39, 0.29) is 5.41 Å². The molecule has 0 aliphatic carbocycles. The lowest BCUT2D eigenvalue weighted by molar-refractivity contribution is 0.262. The summed E-state index contributed by atoms with van der Waals surface area (Å²) in [5.41, 5.74) is 2.68. The first-order valence-corrected chi connectivity index (χ1v) is 10.0. The third-order valence-electron chi connectivity index (χ3n) is 4.65. The molecule has 2 amide bonds. The number of anilines is 2. The van der Waals surface area contributed by atoms with Crippen molar-refractivity contribution in [2.24, 2.45) is 0 Å². The highest BCUT2D eigenvalue weighted by atomic mass is 16.5. The SMILES string of the molecule is CC(C)(C)c1ccccc1Oc1ncccc1NC(=O)Nc1cccc(-c2nn[nH]n2)c1. The van der Waals surface area contributed by atoms with E-state index < -0.39 is 6.03 Å². The molecule has 0 spiro atoms. The van der Waals surface area contributed by atoms with Crippen LogP contribution in [0.4, 0.5) is 16.2 Å². The van der Waals surface area contributed by atoms with Gasteiger partial charge < -0.3 is 15.4 Å². The van der Waals surface area contributed by atoms with E-state index >= 15 is 0 Å². The number of nitrogens with one attached hydrogen (secondary N) is 3. The molecular formula is C23H23N7O2. The molecule has 0 saturated heterocycles. The van der Waals surface area contributed by atoms with Crippen LogP contribution in [-0.4, -0.2) is 31.6 Å². The van der Waals surface area contributed by atoms with Crippen LogP contribution in [0.15, 0.2) is 66.9 Å². The van der Waals surface area contributed by atoms with Gasteiger partial charge in [-0.25, -0.2) is 9.78 Å². The number of tetrazole rings is 1. The Balaban J connectivity index is 1.51. The zero-order chi connectivity index (χ0) is 22.6. The molecule has 4 aromatic rings. The van der Waals surface area contributed by atoms with Crippen molar-refractivity contribution in [1.29, 1.82) is 0 Å². The van der Waals surface area contributed by atoms with Crippen molar-refractivity contribution in [3.05, 3.63) is 72.4 Å². The maximum Gasteiger partial charge on any atom is 0.323 e. The van der Waals surface area contributed by atoms with E-state index in [1.165, 1.54) is 0 Å². The fraction of sp³-hybridized carbons (Fsp3) is 0.174. The Morgan fingerprint density at radius 3 is 2.62 bits per heavy atom. The van der Waals surface area contributed by atoms with Crippen molar-refractivity contribution in [3.8, 4) is 23.0 Å². The van der Waals surface area contributed by atoms with Gasteiger partial charge in [-0.1, -0.05) is 51.1 Å². The molecule has 4 rings (SSSR count). The van der Waals surface area contributed by atoms with E-state index in [2.05, 4.69) is 57.0 Å². The molecule has 0 radical (unpaired) electrons. The van der Waals surface area contributed by atoms with Gasteiger partial charge in [0.1, 0.15) is 11.4 Å². The lowest BCUT2D eigenvalue weighted by atomic mass is 9.86. The highest BCUT2D eigenvalue weighted by molar-refractivity contribution is 6.00. The molecule has 0 atom stereocenters. The van der Waals surface area contributed by atoms with Crippen molar-refractivity contribution < 1.29 is 9.53 Å². The highest BCUT2D eigenvalue weighted by Crippen LogP contribution is 2.35. The number of hydrogen-bond acceptors (Lipinski definition) is 6. The standard InChI is InChI=1S/C23H23N7O2/c1-23(2,3)17-10-4-5-12-19(17)32-21-18(11-7-13-24-21)26-22(31)25-16-9-6-8-15(14-16)20-27-29-30-28-20/h4-14H,1-3H3,(H2,25,26,31)(H,27,28,29,30). The van der Waals surface area contributed by atoms with Gasteiger partial charge in [0, 0.05) is 23.0 Å². The number of hydrogen-bond donors (Lipinski definition) is 3. The lowest BCUT2D eigenvalue weighted by Gasteiger charge is -2.22. The number of carbonyl (C=O) groups is 1. The fourth-order valence-corrected chi connectivity index (χ4v) is 3.15. The number of para-hydroxylation sites is 1. The van der Waals surface area contributed by atoms with Gasteiger partial charge in [0.15, 0.2) is 0 Å². The largest absolute Gasteiger partial charge is 0.437 e. The minimum Gasteiger partial charge on any atom is -0.437 e. The molecular weight excluding hydrogens is 406 g/mol. The summed E-state index contributed by atoms with van der Waals surface area (Å²) < 4.78 is 6.11. The molecule has 162 valence electrons. The molecule has 2 aromatic heterocycles. The van der Waals surface area contributed by atoms with Gasteiger partial charge in [0.2, 0.25) is 11.7 Å². The molecule has 0 saturated carbocycles. The number of ether oxygens (including phenoxy) is 1. The second-order valence-corrected chi connectivity index (χ2v) is 8.10. The van der Waals surface area contributed by atoms with Crippen LogP contribution in [0.3, 0.4) is 0 Å². The van der Waals surface area contributed by atoms with Crippen molar-refractivity contribution >= 4 is 17.4 Å². The summed E-state index contributed by atoms with van der Waals surface area (Å²) in [6.45, 7) is 6.34. The normalized spacial score (nSPS) is 11.1. The van der Waals surface area contributed by atoms with Crippen LogP contribution in [-0.2, 0) is 5.41 Å². The average molecular weight is 429 g/mol. The molecule has 2 heterocycles. The molecule has 9 heteroatoms. The number of nitrogens with zero attached hydrogens (tertiary/aromatic N) is 4. The molecule has 9 nitrogen and oxygen atoms in total. The number of H-pyrrole nitrogens is 1. The Morgan fingerprint density at radius 2 is 1.84 bits per heavy atom. The zero-order valence-electron chi connectivity index (χ0n) is 18.0. The molecule has 0 bridgehead atoms. The van der Waals surface area contributed by atoms with Gasteiger partial charge in [-0.05, 0) is 41.0 Å². The van der Waals surface area contributed by atoms with Crippen molar-refractivity contribution in [1.82, 2.24) is 25.6 Å². The van der Waals surface area contributed by atoms with Crippen molar-refractivity contribution in [2.75, 3.05) is 10.6 Å². The topological polar surface area (TPSA) is 118 Å². The molecule has 3 N–H and O–H groups in total. The Bertz CT molecular complexity index is 1220. The molecule has 0 aliphatic rings. The van der Waals surface area contributed by atoms with E-state index in [9.17, 15) is 4.79 Å². The minimum absolute atomic E-state index is 0.111. The first-order chi connectivity index (χ1) is 15.4. The Morgan fingerprint density at radius 1 is 1.00 bits per heavy atom. The number of rotatable bonds is 5. The Kier molecular flexibility index (Phi) is 5.80. The third-order valence-corrected chi connectivity index (χ3v) is 4.65. The van der Waals surface area contributed by atoms with Crippen molar-refractivity contribution in [3.63, 3.8) is 0 Å². The fourth-order valence-electron chi connectivity index (χ4n) is 3.15. The Hall–Kier alpha value is -4.27.